The van der Waals surface area contributed by atoms with Crippen LogP contribution in [-0.4, -0.2) is 4.98 Å². The Labute approximate surface area is 155 Å². The SMILES string of the molecule is CC(NCc1csc(COc2ccc(F)cc2)n1)c1cccc(Cl)c1. The van der Waals surface area contributed by atoms with Gasteiger partial charge in [0.05, 0.1) is 5.69 Å². The summed E-state index contributed by atoms with van der Waals surface area (Å²) in [4.78, 5) is 4.56. The molecule has 0 radical (unpaired) electrons. The van der Waals surface area contributed by atoms with Gasteiger partial charge in [-0.05, 0) is 48.9 Å². The molecule has 1 N–H and O–H groups in total. The maximum absolute atomic E-state index is 12.9. The second-order valence-corrected chi connectivity index (χ2v) is 7.01. The van der Waals surface area contributed by atoms with Gasteiger partial charge in [-0.2, -0.15) is 0 Å². The number of hydrogen-bond acceptors (Lipinski definition) is 4. The predicted octanol–water partition coefficient (Wildman–Crippen LogP) is 5.37. The molecule has 0 saturated heterocycles. The average Bonchev–Trinajstić information content (AvgIpc) is 3.07. The van der Waals surface area contributed by atoms with Crippen LogP contribution >= 0.6 is 22.9 Å². The highest BCUT2D eigenvalue weighted by molar-refractivity contribution is 7.09. The van der Waals surface area contributed by atoms with E-state index in [2.05, 4.69) is 17.2 Å². The number of ether oxygens (including phenoxy) is 1. The van der Waals surface area contributed by atoms with Crippen molar-refractivity contribution in [1.29, 1.82) is 0 Å². The smallest absolute Gasteiger partial charge is 0.140 e. The van der Waals surface area contributed by atoms with Crippen molar-refractivity contribution in [3.8, 4) is 5.75 Å². The Kier molecular flexibility index (Phi) is 6.02. The van der Waals surface area contributed by atoms with E-state index >= 15 is 0 Å². The summed E-state index contributed by atoms with van der Waals surface area (Å²) in [6.45, 7) is 3.14. The van der Waals surface area contributed by atoms with E-state index in [1.165, 1.54) is 12.1 Å². The summed E-state index contributed by atoms with van der Waals surface area (Å²) in [6.07, 6.45) is 0. The molecule has 0 aliphatic rings. The number of nitrogens with one attached hydrogen (secondary N) is 1. The molecular weight excluding hydrogens is 359 g/mol. The van der Waals surface area contributed by atoms with E-state index in [4.69, 9.17) is 16.3 Å². The van der Waals surface area contributed by atoms with Gasteiger partial charge in [0.2, 0.25) is 0 Å². The number of rotatable bonds is 7. The number of thiazole rings is 1. The second kappa shape index (κ2) is 8.43. The fourth-order valence-electron chi connectivity index (χ4n) is 2.32. The predicted molar refractivity (Wildman–Crippen MR) is 99.6 cm³/mol. The zero-order chi connectivity index (χ0) is 17.6. The molecule has 0 saturated carbocycles. The first-order valence-corrected chi connectivity index (χ1v) is 9.16. The van der Waals surface area contributed by atoms with Gasteiger partial charge in [0.1, 0.15) is 23.2 Å². The Morgan fingerprint density at radius 1 is 1.24 bits per heavy atom. The minimum absolute atomic E-state index is 0.180. The maximum Gasteiger partial charge on any atom is 0.140 e. The van der Waals surface area contributed by atoms with E-state index in [0.29, 0.717) is 18.9 Å². The topological polar surface area (TPSA) is 34.1 Å². The standard InChI is InChI=1S/C19H18ClFN2OS/c1-13(14-3-2-4-15(20)9-14)22-10-17-12-25-19(23-17)11-24-18-7-5-16(21)6-8-18/h2-9,12-13,22H,10-11H2,1H3. The van der Waals surface area contributed by atoms with Gasteiger partial charge in [-0.3, -0.25) is 0 Å². The molecule has 0 fully saturated rings. The molecule has 1 heterocycles. The molecular formula is C19H18ClFN2OS. The summed E-state index contributed by atoms with van der Waals surface area (Å²) >= 11 is 7.58. The fraction of sp³-hybridized carbons (Fsp3) is 0.211. The van der Waals surface area contributed by atoms with E-state index in [1.807, 2.05) is 29.6 Å². The highest BCUT2D eigenvalue weighted by Crippen LogP contribution is 2.19. The number of nitrogens with zero attached hydrogens (tertiary/aromatic N) is 1. The van der Waals surface area contributed by atoms with Gasteiger partial charge in [-0.15, -0.1) is 11.3 Å². The van der Waals surface area contributed by atoms with Gasteiger partial charge in [-0.25, -0.2) is 9.37 Å². The first-order chi connectivity index (χ1) is 12.1. The lowest BCUT2D eigenvalue weighted by molar-refractivity contribution is 0.304. The zero-order valence-corrected chi connectivity index (χ0v) is 15.3. The first kappa shape index (κ1) is 17.9. The molecule has 0 bridgehead atoms. The molecule has 3 nitrogen and oxygen atoms in total. The van der Waals surface area contributed by atoms with Crippen LogP contribution in [-0.2, 0) is 13.2 Å². The Hall–Kier alpha value is -1.95. The number of halogens is 2. The molecule has 3 aromatic rings. The Bertz CT molecular complexity index is 822. The van der Waals surface area contributed by atoms with Gasteiger partial charge < -0.3 is 10.1 Å². The summed E-state index contributed by atoms with van der Waals surface area (Å²) in [5.41, 5.74) is 2.11. The normalized spacial score (nSPS) is 12.1. The van der Waals surface area contributed by atoms with Crippen LogP contribution in [0.5, 0.6) is 5.75 Å². The highest BCUT2D eigenvalue weighted by Gasteiger charge is 2.08. The van der Waals surface area contributed by atoms with Gasteiger partial charge in [0.25, 0.3) is 0 Å². The number of hydrogen-bond donors (Lipinski definition) is 1. The quantitative estimate of drug-likeness (QED) is 0.602. The van der Waals surface area contributed by atoms with Crippen LogP contribution in [0, 0.1) is 5.82 Å². The summed E-state index contributed by atoms with van der Waals surface area (Å²) in [5, 5.41) is 7.08. The van der Waals surface area contributed by atoms with E-state index < -0.39 is 0 Å². The van der Waals surface area contributed by atoms with Crippen molar-refractivity contribution in [2.24, 2.45) is 0 Å². The highest BCUT2D eigenvalue weighted by atomic mass is 35.5. The third kappa shape index (κ3) is 5.26. The largest absolute Gasteiger partial charge is 0.486 e. The van der Waals surface area contributed by atoms with Crippen molar-refractivity contribution in [2.45, 2.75) is 26.1 Å². The lowest BCUT2D eigenvalue weighted by Crippen LogP contribution is -2.18. The van der Waals surface area contributed by atoms with E-state index in [0.717, 1.165) is 21.3 Å². The molecule has 0 amide bonds. The van der Waals surface area contributed by atoms with E-state index in [-0.39, 0.29) is 11.9 Å². The monoisotopic (exact) mass is 376 g/mol. The van der Waals surface area contributed by atoms with Crippen molar-refractivity contribution in [2.75, 3.05) is 0 Å². The summed E-state index contributed by atoms with van der Waals surface area (Å²) in [7, 11) is 0. The molecule has 130 valence electrons. The summed E-state index contributed by atoms with van der Waals surface area (Å²) in [6, 6.07) is 14.0. The Balaban J connectivity index is 1.50. The average molecular weight is 377 g/mol. The molecule has 3 rings (SSSR count). The summed E-state index contributed by atoms with van der Waals surface area (Å²) in [5.74, 6) is 0.356. The molecule has 1 unspecified atom stereocenters. The fourth-order valence-corrected chi connectivity index (χ4v) is 3.23. The van der Waals surface area contributed by atoms with Crippen LogP contribution in [0.4, 0.5) is 4.39 Å². The minimum Gasteiger partial charge on any atom is -0.486 e. The van der Waals surface area contributed by atoms with Crippen LogP contribution in [0.2, 0.25) is 5.02 Å². The number of benzene rings is 2. The lowest BCUT2D eigenvalue weighted by Gasteiger charge is -2.13. The van der Waals surface area contributed by atoms with Gasteiger partial charge >= 0.3 is 0 Å². The number of aromatic nitrogens is 1. The Morgan fingerprint density at radius 3 is 2.80 bits per heavy atom. The van der Waals surface area contributed by atoms with Crippen LogP contribution in [0.1, 0.15) is 29.2 Å². The third-order valence-electron chi connectivity index (χ3n) is 3.71. The lowest BCUT2D eigenvalue weighted by atomic mass is 10.1. The molecule has 0 aliphatic carbocycles. The molecule has 6 heteroatoms. The van der Waals surface area contributed by atoms with E-state index in [1.54, 1.807) is 23.5 Å². The molecule has 0 aliphatic heterocycles. The molecule has 2 aromatic carbocycles. The van der Waals surface area contributed by atoms with Gasteiger partial charge in [0.15, 0.2) is 0 Å². The molecule has 25 heavy (non-hydrogen) atoms. The Morgan fingerprint density at radius 2 is 2.04 bits per heavy atom. The maximum atomic E-state index is 12.9. The minimum atomic E-state index is -0.274. The zero-order valence-electron chi connectivity index (χ0n) is 13.7. The summed E-state index contributed by atoms with van der Waals surface area (Å²) < 4.78 is 18.5. The van der Waals surface area contributed by atoms with Crippen molar-refractivity contribution < 1.29 is 9.13 Å². The molecule has 1 aromatic heterocycles. The van der Waals surface area contributed by atoms with Crippen molar-refractivity contribution in [3.05, 3.63) is 81.0 Å². The molecule has 1 atom stereocenters. The van der Waals surface area contributed by atoms with Gasteiger partial charge in [0, 0.05) is 23.0 Å². The van der Waals surface area contributed by atoms with Crippen LogP contribution in [0.15, 0.2) is 53.9 Å². The van der Waals surface area contributed by atoms with Crippen molar-refractivity contribution in [3.63, 3.8) is 0 Å². The van der Waals surface area contributed by atoms with Crippen LogP contribution in [0.3, 0.4) is 0 Å². The van der Waals surface area contributed by atoms with Gasteiger partial charge in [-0.1, -0.05) is 23.7 Å². The van der Waals surface area contributed by atoms with Crippen LogP contribution in [0.25, 0.3) is 0 Å². The van der Waals surface area contributed by atoms with E-state index in [9.17, 15) is 4.39 Å². The second-order valence-electron chi connectivity index (χ2n) is 5.63. The first-order valence-electron chi connectivity index (χ1n) is 7.90. The van der Waals surface area contributed by atoms with Crippen molar-refractivity contribution in [1.82, 2.24) is 10.3 Å². The van der Waals surface area contributed by atoms with Crippen molar-refractivity contribution >= 4 is 22.9 Å². The molecule has 0 spiro atoms. The van der Waals surface area contributed by atoms with Crippen LogP contribution < -0.4 is 10.1 Å². The third-order valence-corrected chi connectivity index (χ3v) is 4.82.